The first-order chi connectivity index (χ1) is 8.63. The molecular formula is C14H30O2S2. The Hall–Kier alpha value is 0.460. The van der Waals surface area contributed by atoms with Gasteiger partial charge in [-0.25, -0.2) is 4.21 Å². The second-order valence-corrected chi connectivity index (χ2v) is 6.76. The monoisotopic (exact) mass is 294 g/mol. The van der Waals surface area contributed by atoms with Crippen LogP contribution in [0.3, 0.4) is 0 Å². The quantitative estimate of drug-likeness (QED) is 0.312. The second kappa shape index (κ2) is 12.5. The molecule has 0 aliphatic heterocycles. The normalized spacial score (nSPS) is 16.4. The van der Waals surface area contributed by atoms with E-state index in [-0.39, 0.29) is 5.25 Å². The lowest BCUT2D eigenvalue weighted by molar-refractivity contribution is 0.455. The number of unbranched alkanes of at least 4 members (excludes halogenated alkanes) is 7. The Balaban J connectivity index is 3.45. The summed E-state index contributed by atoms with van der Waals surface area (Å²) in [4.78, 5) is 0. The van der Waals surface area contributed by atoms with Gasteiger partial charge in [0.15, 0.2) is 11.1 Å². The second-order valence-electron chi connectivity index (χ2n) is 5.24. The topological polar surface area (TPSA) is 37.3 Å². The molecule has 0 radical (unpaired) electrons. The summed E-state index contributed by atoms with van der Waals surface area (Å²) in [5.74, 6) is 0.801. The van der Waals surface area contributed by atoms with Crippen molar-refractivity contribution in [2.45, 2.75) is 76.9 Å². The number of hydrogen-bond acceptors (Lipinski definition) is 2. The minimum Gasteiger partial charge on any atom is -0.306 e. The van der Waals surface area contributed by atoms with Gasteiger partial charge in [-0.3, -0.25) is 0 Å². The number of thiol groups is 1. The standard InChI is InChI=1S/C14H30O2S2/c1-3-4-5-6-7-8-9-10-11-13(2)14(12-17)18(15)16/h13-14,17H,3-12H2,1-2H3,(H,15,16). The molecule has 0 amide bonds. The van der Waals surface area contributed by atoms with E-state index >= 15 is 0 Å². The molecule has 0 aromatic heterocycles. The van der Waals surface area contributed by atoms with Gasteiger partial charge in [0.2, 0.25) is 0 Å². The van der Waals surface area contributed by atoms with Crippen LogP contribution in [-0.4, -0.2) is 19.8 Å². The fourth-order valence-electron chi connectivity index (χ4n) is 2.23. The van der Waals surface area contributed by atoms with E-state index in [1.54, 1.807) is 0 Å². The van der Waals surface area contributed by atoms with Crippen LogP contribution in [0.4, 0.5) is 0 Å². The van der Waals surface area contributed by atoms with E-state index in [9.17, 15) is 4.21 Å². The van der Waals surface area contributed by atoms with Crippen molar-refractivity contribution in [2.24, 2.45) is 5.92 Å². The van der Waals surface area contributed by atoms with E-state index in [0.717, 1.165) is 6.42 Å². The molecule has 0 spiro atoms. The molecule has 0 saturated carbocycles. The zero-order chi connectivity index (χ0) is 13.8. The Bertz CT molecular complexity index is 210. The average molecular weight is 295 g/mol. The lowest BCUT2D eigenvalue weighted by atomic mass is 9.99. The van der Waals surface area contributed by atoms with Crippen molar-refractivity contribution < 1.29 is 8.76 Å². The molecule has 2 nitrogen and oxygen atoms in total. The maximum Gasteiger partial charge on any atom is 0.157 e. The SMILES string of the molecule is CCCCCCCCCCC(C)C(CS)S(=O)O. The van der Waals surface area contributed by atoms with Crippen LogP contribution in [0.15, 0.2) is 0 Å². The third kappa shape index (κ3) is 9.40. The molecule has 0 aromatic carbocycles. The Morgan fingerprint density at radius 1 is 1.06 bits per heavy atom. The summed E-state index contributed by atoms with van der Waals surface area (Å²) < 4.78 is 20.2. The summed E-state index contributed by atoms with van der Waals surface area (Å²) in [6.07, 6.45) is 11.5. The van der Waals surface area contributed by atoms with Gasteiger partial charge in [-0.2, -0.15) is 12.6 Å². The minimum absolute atomic E-state index is 0.169. The van der Waals surface area contributed by atoms with Crippen LogP contribution in [0.1, 0.15) is 71.6 Å². The van der Waals surface area contributed by atoms with E-state index in [1.165, 1.54) is 51.4 Å². The van der Waals surface area contributed by atoms with Crippen LogP contribution in [0.5, 0.6) is 0 Å². The summed E-state index contributed by atoms with van der Waals surface area (Å²) in [6.45, 7) is 4.31. The summed E-state index contributed by atoms with van der Waals surface area (Å²) in [5, 5.41) is -0.169. The first-order valence-electron chi connectivity index (χ1n) is 7.34. The maximum absolute atomic E-state index is 11.1. The van der Waals surface area contributed by atoms with Crippen LogP contribution in [0, 0.1) is 5.92 Å². The van der Waals surface area contributed by atoms with E-state index in [2.05, 4.69) is 26.5 Å². The zero-order valence-corrected chi connectivity index (χ0v) is 13.6. The largest absolute Gasteiger partial charge is 0.306 e. The van der Waals surface area contributed by atoms with Crippen molar-refractivity contribution in [1.29, 1.82) is 0 Å². The summed E-state index contributed by atoms with van der Waals surface area (Å²) >= 11 is 2.43. The minimum atomic E-state index is -1.72. The van der Waals surface area contributed by atoms with Gasteiger partial charge in [0, 0.05) is 5.75 Å². The fourth-order valence-corrected chi connectivity index (χ4v) is 3.63. The van der Waals surface area contributed by atoms with Gasteiger partial charge in [-0.05, 0) is 12.3 Å². The van der Waals surface area contributed by atoms with E-state index in [4.69, 9.17) is 4.55 Å². The molecule has 0 bridgehead atoms. The van der Waals surface area contributed by atoms with Crippen LogP contribution >= 0.6 is 12.6 Å². The van der Waals surface area contributed by atoms with E-state index < -0.39 is 11.1 Å². The van der Waals surface area contributed by atoms with Crippen molar-refractivity contribution in [3.05, 3.63) is 0 Å². The molecule has 110 valence electrons. The van der Waals surface area contributed by atoms with Gasteiger partial charge in [0.25, 0.3) is 0 Å². The number of hydrogen-bond donors (Lipinski definition) is 2. The van der Waals surface area contributed by atoms with Crippen molar-refractivity contribution >= 4 is 23.7 Å². The molecule has 0 saturated heterocycles. The van der Waals surface area contributed by atoms with Crippen molar-refractivity contribution in [1.82, 2.24) is 0 Å². The van der Waals surface area contributed by atoms with Crippen LogP contribution in [-0.2, 0) is 11.1 Å². The highest BCUT2D eigenvalue weighted by atomic mass is 32.2. The lowest BCUT2D eigenvalue weighted by Crippen LogP contribution is -2.25. The van der Waals surface area contributed by atoms with Gasteiger partial charge >= 0.3 is 0 Å². The molecule has 0 fully saturated rings. The summed E-state index contributed by atoms with van der Waals surface area (Å²) in [7, 11) is 0. The fraction of sp³-hybridized carbons (Fsp3) is 1.00. The highest BCUT2D eigenvalue weighted by Crippen LogP contribution is 2.19. The first kappa shape index (κ1) is 18.5. The molecule has 0 rings (SSSR count). The van der Waals surface area contributed by atoms with Gasteiger partial charge in [0.05, 0.1) is 5.25 Å². The van der Waals surface area contributed by atoms with Crippen LogP contribution in [0.2, 0.25) is 0 Å². The van der Waals surface area contributed by atoms with E-state index in [1.807, 2.05) is 0 Å². The molecule has 0 aromatic rings. The third-order valence-electron chi connectivity index (χ3n) is 3.59. The molecule has 18 heavy (non-hydrogen) atoms. The first-order valence-corrected chi connectivity index (χ1v) is 9.14. The van der Waals surface area contributed by atoms with Gasteiger partial charge in [-0.1, -0.05) is 65.2 Å². The molecule has 0 aliphatic rings. The number of rotatable bonds is 12. The maximum atomic E-state index is 11.1. The summed E-state index contributed by atoms with van der Waals surface area (Å²) in [5.41, 5.74) is 0. The zero-order valence-electron chi connectivity index (χ0n) is 11.9. The average Bonchev–Trinajstić information content (AvgIpc) is 2.33. The Morgan fingerprint density at radius 3 is 2.00 bits per heavy atom. The molecule has 3 unspecified atom stereocenters. The summed E-state index contributed by atoms with van der Waals surface area (Å²) in [6, 6.07) is 0. The van der Waals surface area contributed by atoms with Gasteiger partial charge < -0.3 is 4.55 Å². The molecule has 0 heterocycles. The Kier molecular flexibility index (Phi) is 12.8. The highest BCUT2D eigenvalue weighted by Gasteiger charge is 2.20. The van der Waals surface area contributed by atoms with Crippen LogP contribution < -0.4 is 0 Å². The smallest absolute Gasteiger partial charge is 0.157 e. The predicted molar refractivity (Wildman–Crippen MR) is 84.8 cm³/mol. The van der Waals surface area contributed by atoms with Gasteiger partial charge in [-0.15, -0.1) is 0 Å². The van der Waals surface area contributed by atoms with Crippen molar-refractivity contribution in [3.63, 3.8) is 0 Å². The molecule has 0 aliphatic carbocycles. The highest BCUT2D eigenvalue weighted by molar-refractivity contribution is 7.84. The van der Waals surface area contributed by atoms with Crippen molar-refractivity contribution in [3.8, 4) is 0 Å². The van der Waals surface area contributed by atoms with Crippen LogP contribution in [0.25, 0.3) is 0 Å². The Morgan fingerprint density at radius 2 is 1.56 bits per heavy atom. The lowest BCUT2D eigenvalue weighted by Gasteiger charge is -2.18. The molecule has 4 heteroatoms. The predicted octanol–water partition coefficient (Wildman–Crippen LogP) is 4.67. The van der Waals surface area contributed by atoms with Crippen molar-refractivity contribution in [2.75, 3.05) is 5.75 Å². The van der Waals surface area contributed by atoms with Gasteiger partial charge in [0.1, 0.15) is 0 Å². The molecular weight excluding hydrogens is 264 g/mol. The van der Waals surface area contributed by atoms with E-state index in [0.29, 0.717) is 11.7 Å². The third-order valence-corrected chi connectivity index (χ3v) is 5.38. The molecule has 1 N–H and O–H groups in total. The Labute approximate surface area is 121 Å². The molecule has 3 atom stereocenters.